The predicted octanol–water partition coefficient (Wildman–Crippen LogP) is 7.86. The van der Waals surface area contributed by atoms with Crippen LogP contribution in [0.3, 0.4) is 0 Å². The number of hydrogen-bond acceptors (Lipinski definition) is 9. The maximum Gasteiger partial charge on any atom is 0.123 e. The normalized spacial score (nSPS) is 11.5. The second-order valence-electron chi connectivity index (χ2n) is 11.9. The van der Waals surface area contributed by atoms with Crippen LogP contribution >= 0.6 is 0 Å². The van der Waals surface area contributed by atoms with E-state index in [1.54, 1.807) is 14.2 Å². The number of rotatable bonds is 25. The van der Waals surface area contributed by atoms with Crippen LogP contribution in [0.1, 0.15) is 16.7 Å². The third kappa shape index (κ3) is 13.6. The minimum atomic E-state index is 0.346. The van der Waals surface area contributed by atoms with Crippen LogP contribution in [-0.2, 0) is 35.0 Å². The van der Waals surface area contributed by atoms with Gasteiger partial charge in [-0.25, -0.2) is 0 Å². The molecule has 0 amide bonds. The van der Waals surface area contributed by atoms with Gasteiger partial charge in [0.2, 0.25) is 0 Å². The highest BCUT2D eigenvalue weighted by molar-refractivity contribution is 5.99. The summed E-state index contributed by atoms with van der Waals surface area (Å²) in [5, 5.41) is 4.97. The lowest BCUT2D eigenvalue weighted by atomic mass is 10.0. The number of hydrogen-bond donors (Lipinski definition) is 0. The van der Waals surface area contributed by atoms with Gasteiger partial charge in [0.05, 0.1) is 66.1 Å². The summed E-state index contributed by atoms with van der Waals surface area (Å²) in [6, 6.07) is 33.4. The molecule has 0 bridgehead atoms. The fourth-order valence-electron chi connectivity index (χ4n) is 5.34. The van der Waals surface area contributed by atoms with Gasteiger partial charge < -0.3 is 42.6 Å². The molecule has 0 saturated carbocycles. The first-order valence-electron chi connectivity index (χ1n) is 17.7. The van der Waals surface area contributed by atoms with E-state index >= 15 is 0 Å². The summed E-state index contributed by atoms with van der Waals surface area (Å²) in [7, 11) is 3.30. The van der Waals surface area contributed by atoms with Crippen LogP contribution in [0.25, 0.3) is 33.7 Å². The van der Waals surface area contributed by atoms with Crippen molar-refractivity contribution in [2.75, 3.05) is 93.5 Å². The lowest BCUT2D eigenvalue weighted by molar-refractivity contribution is 0.0174. The molecule has 0 aliphatic rings. The van der Waals surface area contributed by atoms with Crippen molar-refractivity contribution < 1.29 is 42.6 Å². The molecule has 5 rings (SSSR count). The molecule has 9 nitrogen and oxygen atoms in total. The van der Waals surface area contributed by atoms with Crippen molar-refractivity contribution in [2.24, 2.45) is 0 Å². The molecular formula is C43H50O9. The van der Waals surface area contributed by atoms with E-state index in [9.17, 15) is 0 Å². The number of benzene rings is 5. The van der Waals surface area contributed by atoms with Crippen LogP contribution in [0.4, 0.5) is 0 Å². The molecule has 0 atom stereocenters. The molecule has 5 aromatic carbocycles. The molecule has 52 heavy (non-hydrogen) atoms. The molecule has 0 radical (unpaired) electrons. The monoisotopic (exact) mass is 710 g/mol. The average molecular weight is 711 g/mol. The largest absolute Gasteiger partial charge is 0.491 e. The summed E-state index contributed by atoms with van der Waals surface area (Å²) in [5.41, 5.74) is 3.16. The Bertz CT molecular complexity index is 1750. The molecule has 0 fully saturated rings. The highest BCUT2D eigenvalue weighted by atomic mass is 16.6. The van der Waals surface area contributed by atoms with Crippen LogP contribution in [0, 0.1) is 0 Å². The van der Waals surface area contributed by atoms with Gasteiger partial charge in [-0.05, 0) is 80.7 Å². The Balaban J connectivity index is 1.12. The van der Waals surface area contributed by atoms with Crippen molar-refractivity contribution in [3.05, 3.63) is 114 Å². The van der Waals surface area contributed by atoms with E-state index in [0.29, 0.717) is 97.4 Å². The molecule has 0 unspecified atom stereocenters. The summed E-state index contributed by atoms with van der Waals surface area (Å²) in [6.07, 6.45) is 4.26. The van der Waals surface area contributed by atoms with Crippen LogP contribution < -0.4 is 14.2 Å². The maximum absolute atomic E-state index is 6.17. The van der Waals surface area contributed by atoms with Gasteiger partial charge in [-0.1, -0.05) is 60.7 Å². The molecule has 276 valence electrons. The van der Waals surface area contributed by atoms with E-state index in [-0.39, 0.29) is 0 Å². The lowest BCUT2D eigenvalue weighted by Crippen LogP contribution is -2.13. The van der Waals surface area contributed by atoms with Crippen LogP contribution in [0.5, 0.6) is 17.2 Å². The molecule has 0 aliphatic heterocycles. The highest BCUT2D eigenvalue weighted by Gasteiger charge is 2.07. The van der Waals surface area contributed by atoms with E-state index in [2.05, 4.69) is 78.9 Å². The van der Waals surface area contributed by atoms with E-state index in [1.165, 1.54) is 21.5 Å². The third-order valence-electron chi connectivity index (χ3n) is 8.02. The Morgan fingerprint density at radius 3 is 1.44 bits per heavy atom. The SMILES string of the molecule is COCCOCCOCCOc1cc(COc2ccc(/C=C/c3ccc4cc5ccccc5cc4c3)cc2)cc(OCCOCCOCCOC)c1. The van der Waals surface area contributed by atoms with Crippen molar-refractivity contribution in [2.45, 2.75) is 6.61 Å². The Morgan fingerprint density at radius 1 is 0.385 bits per heavy atom. The molecule has 5 aromatic rings. The van der Waals surface area contributed by atoms with Gasteiger partial charge in [0.15, 0.2) is 0 Å². The Hall–Kier alpha value is -4.48. The second kappa shape index (κ2) is 22.5. The molecule has 0 aromatic heterocycles. The van der Waals surface area contributed by atoms with Crippen molar-refractivity contribution >= 4 is 33.7 Å². The zero-order valence-corrected chi connectivity index (χ0v) is 30.3. The van der Waals surface area contributed by atoms with Crippen molar-refractivity contribution in [1.29, 1.82) is 0 Å². The molecule has 0 saturated heterocycles. The summed E-state index contributed by atoms with van der Waals surface area (Å²) >= 11 is 0. The summed E-state index contributed by atoms with van der Waals surface area (Å²) < 4.78 is 50.3. The standard InChI is InChI=1S/C43H50O9/c1-44-15-17-46-19-21-48-23-25-50-42-28-36(29-43(32-42)51-26-24-49-22-20-47-18-16-45-2)33-52-41-13-10-34(11-14-41)7-8-35-9-12-39-30-37-5-3-4-6-38(37)31-40(39)27-35/h3-14,27-32H,15-26,33H2,1-2H3/b8-7+. The number of methoxy groups -OCH3 is 2. The van der Waals surface area contributed by atoms with Crippen molar-refractivity contribution in [3.8, 4) is 17.2 Å². The van der Waals surface area contributed by atoms with E-state index < -0.39 is 0 Å². The quantitative estimate of drug-likeness (QED) is 0.0342. The Labute approximate surface area is 306 Å². The van der Waals surface area contributed by atoms with E-state index in [4.69, 9.17) is 42.6 Å². The van der Waals surface area contributed by atoms with Crippen LogP contribution in [-0.4, -0.2) is 93.5 Å². The van der Waals surface area contributed by atoms with E-state index in [1.807, 2.05) is 30.3 Å². The molecule has 0 aliphatic carbocycles. The summed E-state index contributed by atoms with van der Waals surface area (Å²) in [4.78, 5) is 0. The first-order valence-corrected chi connectivity index (χ1v) is 17.7. The minimum absolute atomic E-state index is 0.346. The van der Waals surface area contributed by atoms with Gasteiger partial charge in [0.1, 0.15) is 37.1 Å². The van der Waals surface area contributed by atoms with E-state index in [0.717, 1.165) is 22.4 Å². The fraction of sp³-hybridized carbons (Fsp3) is 0.349. The van der Waals surface area contributed by atoms with Crippen molar-refractivity contribution in [3.63, 3.8) is 0 Å². The predicted molar refractivity (Wildman–Crippen MR) is 206 cm³/mol. The van der Waals surface area contributed by atoms with Gasteiger partial charge in [-0.3, -0.25) is 0 Å². The van der Waals surface area contributed by atoms with Gasteiger partial charge >= 0.3 is 0 Å². The molecular weight excluding hydrogens is 660 g/mol. The molecule has 0 spiro atoms. The van der Waals surface area contributed by atoms with Gasteiger partial charge in [-0.2, -0.15) is 0 Å². The molecule has 0 heterocycles. The summed E-state index contributed by atoms with van der Waals surface area (Å²) in [5.74, 6) is 2.11. The first kappa shape index (κ1) is 38.7. The van der Waals surface area contributed by atoms with Gasteiger partial charge in [-0.15, -0.1) is 0 Å². The number of ether oxygens (including phenoxy) is 9. The minimum Gasteiger partial charge on any atom is -0.491 e. The first-order chi connectivity index (χ1) is 25.7. The number of fused-ring (bicyclic) bond motifs is 2. The van der Waals surface area contributed by atoms with Gasteiger partial charge in [0, 0.05) is 20.3 Å². The van der Waals surface area contributed by atoms with Gasteiger partial charge in [0.25, 0.3) is 0 Å². The molecule has 0 N–H and O–H groups in total. The smallest absolute Gasteiger partial charge is 0.123 e. The average Bonchev–Trinajstić information content (AvgIpc) is 3.17. The lowest BCUT2D eigenvalue weighted by Gasteiger charge is -2.14. The Kier molecular flexibility index (Phi) is 16.7. The highest BCUT2D eigenvalue weighted by Crippen LogP contribution is 2.26. The zero-order valence-electron chi connectivity index (χ0n) is 30.3. The Morgan fingerprint density at radius 2 is 0.865 bits per heavy atom. The zero-order chi connectivity index (χ0) is 36.1. The fourth-order valence-corrected chi connectivity index (χ4v) is 5.34. The topological polar surface area (TPSA) is 83.1 Å². The summed E-state index contributed by atoms with van der Waals surface area (Å²) in [6.45, 7) is 6.21. The second-order valence-corrected chi connectivity index (χ2v) is 11.9. The van der Waals surface area contributed by atoms with Crippen LogP contribution in [0.2, 0.25) is 0 Å². The maximum atomic E-state index is 6.17. The van der Waals surface area contributed by atoms with Crippen LogP contribution in [0.15, 0.2) is 97.1 Å². The molecule has 9 heteroatoms. The van der Waals surface area contributed by atoms with Crippen molar-refractivity contribution in [1.82, 2.24) is 0 Å². The third-order valence-corrected chi connectivity index (χ3v) is 8.02.